The van der Waals surface area contributed by atoms with Crippen LogP contribution in [0.25, 0.3) is 17.0 Å². The van der Waals surface area contributed by atoms with Crippen LogP contribution in [0.4, 0.5) is 5.82 Å². The number of benzene rings is 1. The van der Waals surface area contributed by atoms with Crippen LogP contribution in [-0.4, -0.2) is 35.3 Å². The monoisotopic (exact) mass is 418 g/mol. The van der Waals surface area contributed by atoms with E-state index in [-0.39, 0.29) is 17.7 Å². The van der Waals surface area contributed by atoms with Gasteiger partial charge in [-0.15, -0.1) is 0 Å². The fourth-order valence-electron chi connectivity index (χ4n) is 3.79. The van der Waals surface area contributed by atoms with Gasteiger partial charge < -0.3 is 20.4 Å². The molecule has 3 heterocycles. The maximum Gasteiger partial charge on any atom is 0.246 e. The van der Waals surface area contributed by atoms with Gasteiger partial charge in [-0.2, -0.15) is 0 Å². The topological polar surface area (TPSA) is 101 Å². The third-order valence-electron chi connectivity index (χ3n) is 5.76. The minimum Gasteiger partial charge on any atom is -0.459 e. The van der Waals surface area contributed by atoms with E-state index in [1.165, 1.54) is 6.08 Å². The predicted octanol–water partition coefficient (Wildman–Crippen LogP) is 3.27. The Kier molecular flexibility index (Phi) is 5.86. The molecule has 7 heteroatoms. The van der Waals surface area contributed by atoms with Gasteiger partial charge in [0.1, 0.15) is 17.2 Å². The van der Waals surface area contributed by atoms with Crippen molar-refractivity contribution in [2.45, 2.75) is 26.3 Å². The van der Waals surface area contributed by atoms with Crippen molar-refractivity contribution in [2.75, 3.05) is 18.9 Å². The highest BCUT2D eigenvalue weighted by Crippen LogP contribution is 2.26. The van der Waals surface area contributed by atoms with Gasteiger partial charge in [0.05, 0.1) is 12.5 Å². The van der Waals surface area contributed by atoms with E-state index in [2.05, 4.69) is 10.3 Å². The summed E-state index contributed by atoms with van der Waals surface area (Å²) in [6, 6.07) is 9.81. The first kappa shape index (κ1) is 20.8. The third kappa shape index (κ3) is 4.36. The fourth-order valence-corrected chi connectivity index (χ4v) is 3.79. The molecule has 4 rings (SSSR count). The Morgan fingerprint density at radius 3 is 2.97 bits per heavy atom. The number of rotatable bonds is 5. The van der Waals surface area contributed by atoms with Gasteiger partial charge in [0.2, 0.25) is 11.8 Å². The van der Waals surface area contributed by atoms with Crippen molar-refractivity contribution in [2.24, 2.45) is 11.7 Å². The second-order valence-corrected chi connectivity index (χ2v) is 7.91. The molecule has 1 aliphatic heterocycles. The van der Waals surface area contributed by atoms with Crippen LogP contribution >= 0.6 is 0 Å². The van der Waals surface area contributed by atoms with E-state index in [1.54, 1.807) is 24.2 Å². The highest BCUT2D eigenvalue weighted by atomic mass is 16.3. The number of fused-ring (bicyclic) bond motifs is 2. The van der Waals surface area contributed by atoms with Crippen molar-refractivity contribution < 1.29 is 14.0 Å². The molecule has 31 heavy (non-hydrogen) atoms. The van der Waals surface area contributed by atoms with Crippen LogP contribution in [0.1, 0.15) is 28.9 Å². The molecule has 2 amide bonds. The molecule has 1 aromatic carbocycles. The average molecular weight is 418 g/mol. The number of carbonyl (C=O) groups is 2. The summed E-state index contributed by atoms with van der Waals surface area (Å²) in [5, 5.41) is 3.90. The van der Waals surface area contributed by atoms with Crippen LogP contribution in [0.3, 0.4) is 0 Å². The number of anilines is 1. The summed E-state index contributed by atoms with van der Waals surface area (Å²) < 4.78 is 5.91. The second kappa shape index (κ2) is 8.73. The van der Waals surface area contributed by atoms with Crippen molar-refractivity contribution in [3.8, 4) is 0 Å². The average Bonchev–Trinajstić information content (AvgIpc) is 2.98. The van der Waals surface area contributed by atoms with Crippen LogP contribution in [-0.2, 0) is 22.6 Å². The lowest BCUT2D eigenvalue weighted by molar-refractivity contribution is -0.125. The summed E-state index contributed by atoms with van der Waals surface area (Å²) in [6.45, 7) is 2.71. The zero-order chi connectivity index (χ0) is 22.0. The Bertz CT molecular complexity index is 1160. The van der Waals surface area contributed by atoms with Crippen LogP contribution in [0.5, 0.6) is 0 Å². The number of likely N-dealkylation sites (N-methyl/N-ethyl adjacent to an activating group) is 1. The summed E-state index contributed by atoms with van der Waals surface area (Å²) in [5.74, 6) is 0.926. The zero-order valence-electron chi connectivity index (χ0n) is 17.7. The Balaban J connectivity index is 1.44. The minimum atomic E-state index is -0.204. The maximum atomic E-state index is 12.6. The second-order valence-electron chi connectivity index (χ2n) is 7.91. The number of hydrogen-bond donors (Lipinski definition) is 2. The molecule has 0 saturated heterocycles. The van der Waals surface area contributed by atoms with Crippen molar-refractivity contribution in [3.63, 3.8) is 0 Å². The summed E-state index contributed by atoms with van der Waals surface area (Å²) in [7, 11) is 1.75. The number of nitrogens with two attached hydrogens (primary N) is 1. The van der Waals surface area contributed by atoms with Gasteiger partial charge in [-0.05, 0) is 49.1 Å². The maximum absolute atomic E-state index is 12.6. The highest BCUT2D eigenvalue weighted by Gasteiger charge is 2.23. The largest absolute Gasteiger partial charge is 0.459 e. The van der Waals surface area contributed by atoms with Crippen LogP contribution in [0.15, 0.2) is 47.0 Å². The molecule has 7 nitrogen and oxygen atoms in total. The molecule has 3 N–H and O–H groups in total. The smallest absolute Gasteiger partial charge is 0.246 e. The van der Waals surface area contributed by atoms with Gasteiger partial charge in [0.25, 0.3) is 0 Å². The van der Waals surface area contributed by atoms with Crippen molar-refractivity contribution in [1.29, 1.82) is 0 Å². The van der Waals surface area contributed by atoms with E-state index < -0.39 is 0 Å². The van der Waals surface area contributed by atoms with E-state index in [4.69, 9.17) is 10.2 Å². The number of amides is 2. The van der Waals surface area contributed by atoms with E-state index in [0.29, 0.717) is 31.7 Å². The lowest BCUT2D eigenvalue weighted by atomic mass is 10.0. The molecule has 1 unspecified atom stereocenters. The Morgan fingerprint density at radius 1 is 1.39 bits per heavy atom. The van der Waals surface area contributed by atoms with Gasteiger partial charge >= 0.3 is 0 Å². The molecule has 0 saturated carbocycles. The number of aromatic nitrogens is 1. The van der Waals surface area contributed by atoms with Gasteiger partial charge in [-0.25, -0.2) is 4.98 Å². The summed E-state index contributed by atoms with van der Waals surface area (Å²) in [5.41, 5.74) is 9.31. The van der Waals surface area contributed by atoms with Crippen molar-refractivity contribution in [1.82, 2.24) is 9.88 Å². The molecule has 0 fully saturated rings. The fraction of sp³-hybridized carbons (Fsp3) is 0.292. The van der Waals surface area contributed by atoms with E-state index in [9.17, 15) is 9.59 Å². The van der Waals surface area contributed by atoms with Crippen LogP contribution < -0.4 is 11.1 Å². The van der Waals surface area contributed by atoms with Crippen molar-refractivity contribution in [3.05, 3.63) is 65.1 Å². The first-order valence-electron chi connectivity index (χ1n) is 10.4. The summed E-state index contributed by atoms with van der Waals surface area (Å²) in [6.07, 6.45) is 6.31. The van der Waals surface area contributed by atoms with Gasteiger partial charge in [0.15, 0.2) is 0 Å². The first-order valence-corrected chi connectivity index (χ1v) is 10.4. The number of aryl methyl sites for hydroxylation is 2. The molecule has 1 aliphatic rings. The number of nitrogens with zero attached hydrogens (tertiary/aromatic N) is 2. The summed E-state index contributed by atoms with van der Waals surface area (Å²) >= 11 is 0. The lowest BCUT2D eigenvalue weighted by Crippen LogP contribution is -2.28. The number of para-hydroxylation sites is 1. The van der Waals surface area contributed by atoms with E-state index in [0.717, 1.165) is 33.4 Å². The van der Waals surface area contributed by atoms with Gasteiger partial charge in [-0.3, -0.25) is 9.59 Å². The molecule has 3 aromatic rings. The number of nitrogens with one attached hydrogen (secondary N) is 1. The van der Waals surface area contributed by atoms with Crippen LogP contribution in [0, 0.1) is 12.8 Å². The number of pyridine rings is 1. The standard InChI is InChI=1S/C24H26N4O3/c1-15-19-5-3-4-6-20(19)31-21(15)14-28(2)22(29)10-7-16-11-17-8-9-18(12-25)24(30)27-23(17)26-13-16/h3-7,10-11,13,18H,8-9,12,14,25H2,1-2H3,(H,26,27,30)/b10-7+. The molecule has 160 valence electrons. The molecular formula is C24H26N4O3. The van der Waals surface area contributed by atoms with Gasteiger partial charge in [-0.1, -0.05) is 18.2 Å². The number of hydrogen-bond acceptors (Lipinski definition) is 5. The Hall–Kier alpha value is -3.45. The lowest BCUT2D eigenvalue weighted by Gasteiger charge is -2.14. The molecule has 0 radical (unpaired) electrons. The molecule has 0 spiro atoms. The zero-order valence-corrected chi connectivity index (χ0v) is 17.7. The predicted molar refractivity (Wildman–Crippen MR) is 120 cm³/mol. The number of furan rings is 1. The number of carbonyl (C=O) groups excluding carboxylic acids is 2. The normalized spacial score (nSPS) is 16.2. The van der Waals surface area contributed by atoms with Gasteiger partial charge in [0, 0.05) is 36.8 Å². The Labute approximate surface area is 180 Å². The summed E-state index contributed by atoms with van der Waals surface area (Å²) in [4.78, 5) is 30.7. The highest BCUT2D eigenvalue weighted by molar-refractivity contribution is 5.94. The first-order chi connectivity index (χ1) is 15.0. The van der Waals surface area contributed by atoms with Crippen molar-refractivity contribution >= 4 is 34.7 Å². The SMILES string of the molecule is Cc1c(CN(C)C(=O)/C=C/c2cnc3c(c2)CCC(CN)C(=O)N3)oc2ccccc12. The Morgan fingerprint density at radius 2 is 2.19 bits per heavy atom. The van der Waals surface area contributed by atoms with Crippen LogP contribution in [0.2, 0.25) is 0 Å². The molecular weight excluding hydrogens is 392 g/mol. The molecule has 1 atom stereocenters. The molecule has 0 aliphatic carbocycles. The third-order valence-corrected chi connectivity index (χ3v) is 5.76. The molecule has 2 aromatic heterocycles. The minimum absolute atomic E-state index is 0.0882. The molecule has 0 bridgehead atoms. The van der Waals surface area contributed by atoms with E-state index >= 15 is 0 Å². The quantitative estimate of drug-likeness (QED) is 0.619. The van der Waals surface area contributed by atoms with E-state index in [1.807, 2.05) is 37.3 Å².